The van der Waals surface area contributed by atoms with Crippen LogP contribution in [0.1, 0.15) is 51.9 Å². The van der Waals surface area contributed by atoms with Gasteiger partial charge in [-0.25, -0.2) is 0 Å². The number of rotatable bonds is 7. The van der Waals surface area contributed by atoms with E-state index in [2.05, 4.69) is 10.6 Å². The Hall–Kier alpha value is -2.04. The van der Waals surface area contributed by atoms with Gasteiger partial charge in [0.1, 0.15) is 5.75 Å². The minimum atomic E-state index is -0.196. The molecule has 0 atom stereocenters. The predicted molar refractivity (Wildman–Crippen MR) is 104 cm³/mol. The Labute approximate surface area is 161 Å². The van der Waals surface area contributed by atoms with Crippen molar-refractivity contribution in [1.82, 2.24) is 5.32 Å². The zero-order valence-corrected chi connectivity index (χ0v) is 16.1. The summed E-state index contributed by atoms with van der Waals surface area (Å²) in [6.07, 6.45) is 8.37. The predicted octanol–water partition coefficient (Wildman–Crippen LogP) is 3.75. The van der Waals surface area contributed by atoms with E-state index in [4.69, 9.17) is 4.74 Å². The third kappa shape index (κ3) is 4.28. The summed E-state index contributed by atoms with van der Waals surface area (Å²) in [5.41, 5.74) is 0.920. The fourth-order valence-corrected chi connectivity index (χ4v) is 6.09. The summed E-state index contributed by atoms with van der Waals surface area (Å²) in [4.78, 5) is 24.6. The maximum absolute atomic E-state index is 12.5. The number of anilines is 1. The van der Waals surface area contributed by atoms with Crippen molar-refractivity contribution in [2.75, 3.05) is 18.5 Å². The van der Waals surface area contributed by atoms with Gasteiger partial charge in [0.2, 0.25) is 11.8 Å². The second-order valence-corrected chi connectivity index (χ2v) is 8.88. The first-order valence-corrected chi connectivity index (χ1v) is 10.3. The van der Waals surface area contributed by atoms with Gasteiger partial charge in [-0.3, -0.25) is 9.59 Å². The summed E-state index contributed by atoms with van der Waals surface area (Å²) in [5.74, 6) is 3.13. The molecule has 5 rings (SSSR count). The van der Waals surface area contributed by atoms with Crippen molar-refractivity contribution in [2.24, 2.45) is 23.2 Å². The van der Waals surface area contributed by atoms with Gasteiger partial charge in [0.05, 0.1) is 13.2 Å². The second-order valence-electron chi connectivity index (χ2n) is 8.88. The lowest BCUT2D eigenvalue weighted by atomic mass is 9.49. The van der Waals surface area contributed by atoms with E-state index in [0.717, 1.165) is 23.5 Å². The fraction of sp³-hybridized carbons (Fsp3) is 0.636. The van der Waals surface area contributed by atoms with Crippen molar-refractivity contribution in [3.63, 3.8) is 0 Å². The molecule has 0 saturated heterocycles. The van der Waals surface area contributed by atoms with Crippen molar-refractivity contribution < 1.29 is 14.3 Å². The normalized spacial score (nSPS) is 30.8. The summed E-state index contributed by atoms with van der Waals surface area (Å²) in [5, 5.41) is 5.65. The van der Waals surface area contributed by atoms with E-state index in [1.807, 2.05) is 19.1 Å². The van der Waals surface area contributed by atoms with Crippen LogP contribution in [0.25, 0.3) is 0 Å². The van der Waals surface area contributed by atoms with Crippen molar-refractivity contribution in [3.05, 3.63) is 24.3 Å². The van der Waals surface area contributed by atoms with Crippen LogP contribution >= 0.6 is 0 Å². The van der Waals surface area contributed by atoms with Crippen molar-refractivity contribution in [1.29, 1.82) is 0 Å². The van der Waals surface area contributed by atoms with Gasteiger partial charge in [-0.2, -0.15) is 0 Å². The highest BCUT2D eigenvalue weighted by Gasteiger charge is 2.51. The van der Waals surface area contributed by atoms with E-state index in [0.29, 0.717) is 18.7 Å². The van der Waals surface area contributed by atoms with Gasteiger partial charge >= 0.3 is 0 Å². The number of carbonyl (C=O) groups excluding carboxylic acids is 2. The molecule has 2 amide bonds. The van der Waals surface area contributed by atoms with Crippen molar-refractivity contribution in [3.8, 4) is 5.75 Å². The van der Waals surface area contributed by atoms with Gasteiger partial charge in [0, 0.05) is 12.1 Å². The van der Waals surface area contributed by atoms with E-state index < -0.39 is 0 Å². The lowest BCUT2D eigenvalue weighted by Gasteiger charge is -2.56. The van der Waals surface area contributed by atoms with E-state index in [1.54, 1.807) is 12.1 Å². The molecule has 4 bridgehead atoms. The number of hydrogen-bond acceptors (Lipinski definition) is 3. The first kappa shape index (κ1) is 18.3. The van der Waals surface area contributed by atoms with Gasteiger partial charge in [-0.05, 0) is 92.9 Å². The minimum absolute atomic E-state index is 0.0262. The fourth-order valence-electron chi connectivity index (χ4n) is 6.09. The molecule has 0 aromatic heterocycles. The minimum Gasteiger partial charge on any atom is -0.494 e. The molecule has 0 spiro atoms. The summed E-state index contributed by atoms with van der Waals surface area (Å²) in [7, 11) is 0. The average molecular weight is 370 g/mol. The zero-order chi connectivity index (χ0) is 18.9. The monoisotopic (exact) mass is 370 g/mol. The number of ether oxygens (including phenoxy) is 1. The van der Waals surface area contributed by atoms with Crippen LogP contribution in [-0.2, 0) is 9.59 Å². The number of hydrogen-bond donors (Lipinski definition) is 2. The molecule has 5 heteroatoms. The molecule has 0 unspecified atom stereocenters. The standard InChI is InChI=1S/C22H30N2O3/c1-2-27-19-5-3-18(4-6-19)24-21(26)14-23-20(25)13-22-10-15-7-16(11-22)9-17(8-15)12-22/h3-6,15-17H,2,7-14H2,1H3,(H,23,25)(H,24,26). The summed E-state index contributed by atoms with van der Waals surface area (Å²) in [6, 6.07) is 7.26. The highest BCUT2D eigenvalue weighted by molar-refractivity contribution is 5.94. The molecular weight excluding hydrogens is 340 g/mol. The van der Waals surface area contributed by atoms with Crippen LogP contribution in [0.3, 0.4) is 0 Å². The highest BCUT2D eigenvalue weighted by Crippen LogP contribution is 2.61. The molecule has 4 aliphatic carbocycles. The lowest BCUT2D eigenvalue weighted by Crippen LogP contribution is -2.48. The van der Waals surface area contributed by atoms with Crippen molar-refractivity contribution >= 4 is 17.5 Å². The van der Waals surface area contributed by atoms with Crippen LogP contribution in [0, 0.1) is 23.2 Å². The molecule has 0 aliphatic heterocycles. The highest BCUT2D eigenvalue weighted by atomic mass is 16.5. The SMILES string of the molecule is CCOc1ccc(NC(=O)CNC(=O)CC23CC4CC(CC(C4)C2)C3)cc1. The summed E-state index contributed by atoms with van der Waals surface area (Å²) >= 11 is 0. The van der Waals surface area contributed by atoms with Crippen molar-refractivity contribution in [2.45, 2.75) is 51.9 Å². The first-order chi connectivity index (χ1) is 13.0. The van der Waals surface area contributed by atoms with E-state index in [9.17, 15) is 9.59 Å². The molecule has 5 nitrogen and oxygen atoms in total. The molecule has 4 saturated carbocycles. The lowest BCUT2D eigenvalue weighted by molar-refractivity contribution is -0.131. The molecule has 1 aromatic carbocycles. The van der Waals surface area contributed by atoms with Crippen LogP contribution in [0.2, 0.25) is 0 Å². The van der Waals surface area contributed by atoms with Crippen LogP contribution in [0.4, 0.5) is 5.69 Å². The molecule has 4 fully saturated rings. The Balaban J connectivity index is 1.24. The number of nitrogens with one attached hydrogen (secondary N) is 2. The Morgan fingerprint density at radius 3 is 2.15 bits per heavy atom. The number of carbonyl (C=O) groups is 2. The van der Waals surface area contributed by atoms with Gasteiger partial charge in [-0.15, -0.1) is 0 Å². The maximum Gasteiger partial charge on any atom is 0.243 e. The number of amides is 2. The Morgan fingerprint density at radius 2 is 1.59 bits per heavy atom. The third-order valence-corrected chi connectivity index (χ3v) is 6.60. The first-order valence-electron chi connectivity index (χ1n) is 10.3. The molecule has 146 valence electrons. The quantitative estimate of drug-likeness (QED) is 0.768. The molecule has 0 radical (unpaired) electrons. The van der Waals surface area contributed by atoms with Crippen LogP contribution < -0.4 is 15.4 Å². The third-order valence-electron chi connectivity index (χ3n) is 6.60. The van der Waals surface area contributed by atoms with Crippen LogP contribution in [0.5, 0.6) is 5.75 Å². The van der Waals surface area contributed by atoms with Gasteiger partial charge < -0.3 is 15.4 Å². The van der Waals surface area contributed by atoms with E-state index in [1.165, 1.54) is 38.5 Å². The topological polar surface area (TPSA) is 67.4 Å². The Bertz CT molecular complexity index is 663. The smallest absolute Gasteiger partial charge is 0.243 e. The molecule has 2 N–H and O–H groups in total. The maximum atomic E-state index is 12.5. The Morgan fingerprint density at radius 1 is 1.00 bits per heavy atom. The largest absolute Gasteiger partial charge is 0.494 e. The molecule has 1 aromatic rings. The van der Waals surface area contributed by atoms with Crippen LogP contribution in [-0.4, -0.2) is 25.0 Å². The second kappa shape index (κ2) is 7.53. The molecular formula is C22H30N2O3. The zero-order valence-electron chi connectivity index (χ0n) is 16.1. The molecule has 0 heterocycles. The van der Waals surface area contributed by atoms with Gasteiger partial charge in [0.15, 0.2) is 0 Å². The molecule has 27 heavy (non-hydrogen) atoms. The van der Waals surface area contributed by atoms with Gasteiger partial charge in [0.25, 0.3) is 0 Å². The molecule has 4 aliphatic rings. The van der Waals surface area contributed by atoms with E-state index in [-0.39, 0.29) is 23.8 Å². The van der Waals surface area contributed by atoms with E-state index >= 15 is 0 Å². The van der Waals surface area contributed by atoms with Gasteiger partial charge in [-0.1, -0.05) is 0 Å². The number of benzene rings is 1. The summed E-state index contributed by atoms with van der Waals surface area (Å²) in [6.45, 7) is 2.57. The summed E-state index contributed by atoms with van der Waals surface area (Å²) < 4.78 is 5.39. The Kier molecular flexibility index (Phi) is 5.11. The van der Waals surface area contributed by atoms with Crippen LogP contribution in [0.15, 0.2) is 24.3 Å². The average Bonchev–Trinajstić information content (AvgIpc) is 2.60.